The first-order valence-electron chi connectivity index (χ1n) is 12.7. The van der Waals surface area contributed by atoms with Gasteiger partial charge in [-0.1, -0.05) is 36.4 Å². The predicted molar refractivity (Wildman–Crippen MR) is 165 cm³/mol. The summed E-state index contributed by atoms with van der Waals surface area (Å²) in [7, 11) is 0. The number of carbonyl (C=O) groups is 2. The molecule has 5 aromatic rings. The molecule has 2 aromatic heterocycles. The summed E-state index contributed by atoms with van der Waals surface area (Å²) < 4.78 is 27.6. The Hall–Kier alpha value is -4.34. The summed E-state index contributed by atoms with van der Waals surface area (Å²) in [5.74, 6) is -1.12. The molecule has 3 aromatic carbocycles. The molecule has 218 valence electrons. The van der Waals surface area contributed by atoms with Crippen molar-refractivity contribution in [2.75, 3.05) is 5.32 Å². The molecule has 0 aliphatic carbocycles. The predicted octanol–water partition coefficient (Wildman–Crippen LogP) is 7.45. The van der Waals surface area contributed by atoms with Crippen LogP contribution in [0.4, 0.5) is 14.5 Å². The maximum atomic E-state index is 14.3. The molecule has 3 N–H and O–H groups in total. The van der Waals surface area contributed by atoms with Gasteiger partial charge in [-0.25, -0.2) is 13.8 Å². The molecule has 0 bridgehead atoms. The highest BCUT2D eigenvalue weighted by molar-refractivity contribution is 6.01. The Morgan fingerprint density at radius 2 is 1.60 bits per heavy atom. The Labute approximate surface area is 254 Å². The van der Waals surface area contributed by atoms with Crippen molar-refractivity contribution in [3.63, 3.8) is 0 Å². The second-order valence-corrected chi connectivity index (χ2v) is 10.0. The lowest BCUT2D eigenvalue weighted by Crippen LogP contribution is -2.32. The van der Waals surface area contributed by atoms with Crippen molar-refractivity contribution < 1.29 is 18.4 Å². The molecular formula is C31H29Cl2F2N5O2. The van der Waals surface area contributed by atoms with Gasteiger partial charge in [0.15, 0.2) is 11.5 Å². The maximum absolute atomic E-state index is 14.3. The summed E-state index contributed by atoms with van der Waals surface area (Å²) in [6.45, 7) is 4.09. The number of hydrogen-bond acceptors (Lipinski definition) is 4. The third kappa shape index (κ3) is 7.29. The molecule has 7 nitrogen and oxygen atoms in total. The number of amides is 2. The van der Waals surface area contributed by atoms with Crippen LogP contribution in [-0.2, 0) is 4.79 Å². The van der Waals surface area contributed by atoms with Gasteiger partial charge in [-0.2, -0.15) is 0 Å². The molecule has 0 spiro atoms. The van der Waals surface area contributed by atoms with Crippen molar-refractivity contribution in [2.45, 2.75) is 32.5 Å². The van der Waals surface area contributed by atoms with Gasteiger partial charge >= 0.3 is 0 Å². The number of nitrogens with zero attached hydrogens (tertiary/aromatic N) is 2. The lowest BCUT2D eigenvalue weighted by Gasteiger charge is -2.17. The number of alkyl halides is 1. The maximum Gasteiger partial charge on any atom is 0.261 e. The minimum Gasteiger partial charge on any atom is -0.346 e. The molecule has 0 aliphatic heterocycles. The molecule has 5 rings (SSSR count). The number of nitrogens with one attached hydrogen (secondary N) is 3. The molecule has 0 saturated carbocycles. The second-order valence-electron chi connectivity index (χ2n) is 10.0. The van der Waals surface area contributed by atoms with Crippen molar-refractivity contribution in [1.29, 1.82) is 0 Å². The molecular weight excluding hydrogens is 583 g/mol. The lowest BCUT2D eigenvalue weighted by molar-refractivity contribution is -0.125. The fourth-order valence-electron chi connectivity index (χ4n) is 4.19. The Morgan fingerprint density at radius 3 is 2.29 bits per heavy atom. The Kier molecular flexibility index (Phi) is 10.0. The zero-order valence-corrected chi connectivity index (χ0v) is 24.6. The molecule has 0 aliphatic rings. The molecule has 42 heavy (non-hydrogen) atoms. The summed E-state index contributed by atoms with van der Waals surface area (Å²) >= 11 is 0. The highest BCUT2D eigenvalue weighted by atomic mass is 35.5. The molecule has 11 heteroatoms. The van der Waals surface area contributed by atoms with E-state index in [1.54, 1.807) is 43.6 Å². The highest BCUT2D eigenvalue weighted by Gasteiger charge is 2.27. The van der Waals surface area contributed by atoms with Gasteiger partial charge in [0.25, 0.3) is 11.8 Å². The number of fused-ring (bicyclic) bond motifs is 1. The average molecular weight is 613 g/mol. The third-order valence-electron chi connectivity index (χ3n) is 6.47. The van der Waals surface area contributed by atoms with E-state index in [-0.39, 0.29) is 41.9 Å². The summed E-state index contributed by atoms with van der Waals surface area (Å²) in [6, 6.07) is 20.0. The second kappa shape index (κ2) is 13.1. The van der Waals surface area contributed by atoms with Crippen molar-refractivity contribution in [3.8, 4) is 22.8 Å². The smallest absolute Gasteiger partial charge is 0.261 e. The summed E-state index contributed by atoms with van der Waals surface area (Å²) in [5, 5.41) is 7.46. The van der Waals surface area contributed by atoms with Gasteiger partial charge < -0.3 is 15.6 Å². The van der Waals surface area contributed by atoms with E-state index in [1.807, 2.05) is 30.3 Å². The molecule has 2 amide bonds. The number of H-pyrrole nitrogens is 1. The number of anilines is 1. The number of pyridine rings is 1. The SMILES string of the molecule is C[C@@H](NC(=O)c1cc(NC(=O)C(C)(C)F)cc(-c2cnc(-c3cc4ccccc4cn3)[nH]2)c1)c1ccc(F)cc1.Cl.Cl. The number of halogens is 4. The van der Waals surface area contributed by atoms with Crippen LogP contribution in [-0.4, -0.2) is 32.4 Å². The van der Waals surface area contributed by atoms with Crippen LogP contribution in [0.5, 0.6) is 0 Å². The standard InChI is InChI=1S/C31H27F2N5O2.2ClH/c1-18(19-8-10-24(32)11-9-19)36-29(39)23-12-22(13-25(14-23)37-30(40)31(2,3)33)27-17-35-28(38-27)26-15-20-6-4-5-7-21(20)16-34-26;;/h4-18H,1-3H3,(H,35,38)(H,36,39)(H,37,40);2*1H/t18-;;/m1../s1. The monoisotopic (exact) mass is 611 g/mol. The lowest BCUT2D eigenvalue weighted by atomic mass is 10.0. The summed E-state index contributed by atoms with van der Waals surface area (Å²) in [4.78, 5) is 37.9. The van der Waals surface area contributed by atoms with Crippen molar-refractivity contribution in [2.24, 2.45) is 0 Å². The topological polar surface area (TPSA) is 99.8 Å². The van der Waals surface area contributed by atoms with Crippen molar-refractivity contribution in [1.82, 2.24) is 20.3 Å². The fraction of sp³-hybridized carbons (Fsp3) is 0.161. The quantitative estimate of drug-likeness (QED) is 0.178. The van der Waals surface area contributed by atoms with Gasteiger partial charge in [-0.15, -0.1) is 24.8 Å². The van der Waals surface area contributed by atoms with Crippen LogP contribution < -0.4 is 10.6 Å². The van der Waals surface area contributed by atoms with Gasteiger partial charge in [-0.05, 0) is 68.1 Å². The number of carbonyl (C=O) groups excluding carboxylic acids is 2. The molecule has 0 saturated heterocycles. The number of benzene rings is 3. The number of rotatable bonds is 7. The highest BCUT2D eigenvalue weighted by Crippen LogP contribution is 2.28. The van der Waals surface area contributed by atoms with E-state index >= 15 is 0 Å². The van der Waals surface area contributed by atoms with Crippen LogP contribution in [0.25, 0.3) is 33.5 Å². The molecule has 0 unspecified atom stereocenters. The van der Waals surface area contributed by atoms with E-state index in [9.17, 15) is 18.4 Å². The van der Waals surface area contributed by atoms with Crippen LogP contribution in [0, 0.1) is 5.82 Å². The van der Waals surface area contributed by atoms with Gasteiger partial charge in [0.05, 0.1) is 17.9 Å². The normalized spacial score (nSPS) is 11.6. The Bertz CT molecular complexity index is 1720. The van der Waals surface area contributed by atoms with E-state index in [1.165, 1.54) is 18.2 Å². The first-order chi connectivity index (χ1) is 19.1. The molecule has 2 heterocycles. The minimum atomic E-state index is -2.13. The number of aromatic nitrogens is 3. The zero-order chi connectivity index (χ0) is 28.4. The molecule has 0 radical (unpaired) electrons. The minimum absolute atomic E-state index is 0. The van der Waals surface area contributed by atoms with Crippen LogP contribution in [0.2, 0.25) is 0 Å². The number of hydrogen-bond donors (Lipinski definition) is 3. The fourth-order valence-corrected chi connectivity index (χ4v) is 4.19. The Morgan fingerprint density at radius 1 is 0.905 bits per heavy atom. The van der Waals surface area contributed by atoms with Crippen molar-refractivity contribution in [3.05, 3.63) is 102 Å². The average Bonchev–Trinajstić information content (AvgIpc) is 3.43. The zero-order valence-electron chi connectivity index (χ0n) is 22.9. The van der Waals surface area contributed by atoms with E-state index in [2.05, 4.69) is 25.6 Å². The molecule has 0 fully saturated rings. The first kappa shape index (κ1) is 32.2. The first-order valence-corrected chi connectivity index (χ1v) is 12.7. The number of aromatic amines is 1. The molecule has 1 atom stereocenters. The van der Waals surface area contributed by atoms with Gasteiger partial charge in [0.2, 0.25) is 0 Å². The van der Waals surface area contributed by atoms with E-state index in [0.717, 1.165) is 30.2 Å². The largest absolute Gasteiger partial charge is 0.346 e. The van der Waals surface area contributed by atoms with Crippen LogP contribution in [0.15, 0.2) is 85.2 Å². The van der Waals surface area contributed by atoms with Gasteiger partial charge in [-0.3, -0.25) is 14.6 Å². The van der Waals surface area contributed by atoms with Crippen LogP contribution in [0.1, 0.15) is 42.7 Å². The van der Waals surface area contributed by atoms with Gasteiger partial charge in [0.1, 0.15) is 11.5 Å². The Balaban J connectivity index is 0.00000242. The third-order valence-corrected chi connectivity index (χ3v) is 6.47. The van der Waals surface area contributed by atoms with Crippen molar-refractivity contribution >= 4 is 53.1 Å². The summed E-state index contributed by atoms with van der Waals surface area (Å²) in [6.07, 6.45) is 3.38. The van der Waals surface area contributed by atoms with Crippen LogP contribution in [0.3, 0.4) is 0 Å². The van der Waals surface area contributed by atoms with E-state index in [0.29, 0.717) is 22.8 Å². The van der Waals surface area contributed by atoms with Gasteiger partial charge in [0, 0.05) is 28.4 Å². The van der Waals surface area contributed by atoms with Crippen LogP contribution >= 0.6 is 24.8 Å². The van der Waals surface area contributed by atoms with E-state index in [4.69, 9.17) is 0 Å². The van der Waals surface area contributed by atoms with E-state index < -0.39 is 23.5 Å². The summed E-state index contributed by atoms with van der Waals surface area (Å²) in [5.41, 5.74) is 0.832. The number of imidazole rings is 1.